The molecule has 2 nitrogen and oxygen atoms in total. The maximum Gasteiger partial charge on any atom is 0.360 e. The summed E-state index contributed by atoms with van der Waals surface area (Å²) in [6.45, 7) is 0. The van der Waals surface area contributed by atoms with E-state index >= 15 is 0 Å². The second-order valence-corrected chi connectivity index (χ2v) is 5.55. The van der Waals surface area contributed by atoms with Gasteiger partial charge in [-0.25, -0.2) is 13.8 Å². The standard InChI is InChI=1S/C15H7F4NOS/c16-8-5-6-9(10(17)7-8)13(21)15(18,19)14-20-11-3-1-2-4-12(11)22-14/h1-7H. The Morgan fingerprint density at radius 2 is 1.82 bits per heavy atom. The average Bonchev–Trinajstić information content (AvgIpc) is 2.91. The van der Waals surface area contributed by atoms with Crippen molar-refractivity contribution in [2.24, 2.45) is 0 Å². The van der Waals surface area contributed by atoms with Crippen LogP contribution in [0.5, 0.6) is 0 Å². The van der Waals surface area contributed by atoms with Crippen LogP contribution in [0.2, 0.25) is 0 Å². The van der Waals surface area contributed by atoms with E-state index in [0.717, 1.165) is 6.07 Å². The SMILES string of the molecule is O=C(c1ccc(F)cc1F)C(F)(F)c1nc2ccccc2s1. The van der Waals surface area contributed by atoms with Gasteiger partial charge in [-0.1, -0.05) is 12.1 Å². The van der Waals surface area contributed by atoms with Gasteiger partial charge >= 0.3 is 5.92 Å². The second-order valence-electron chi connectivity index (χ2n) is 4.51. The first-order chi connectivity index (χ1) is 10.4. The van der Waals surface area contributed by atoms with Crippen LogP contribution in [0.1, 0.15) is 15.4 Å². The van der Waals surface area contributed by atoms with E-state index in [9.17, 15) is 22.4 Å². The van der Waals surface area contributed by atoms with Crippen LogP contribution >= 0.6 is 11.3 Å². The number of hydrogen-bond donors (Lipinski definition) is 0. The molecule has 0 bridgehead atoms. The number of carbonyl (C=O) groups excluding carboxylic acids is 1. The molecule has 0 unspecified atom stereocenters. The smallest absolute Gasteiger partial charge is 0.287 e. The number of Topliss-reactive ketones (excluding diaryl/α,β-unsaturated/α-hetero) is 1. The fourth-order valence-corrected chi connectivity index (χ4v) is 2.88. The molecule has 0 aliphatic rings. The average molecular weight is 325 g/mol. The molecule has 0 fully saturated rings. The molecule has 2 aromatic carbocycles. The van der Waals surface area contributed by atoms with E-state index in [1.807, 2.05) is 0 Å². The largest absolute Gasteiger partial charge is 0.360 e. The van der Waals surface area contributed by atoms with E-state index in [2.05, 4.69) is 4.98 Å². The number of halogens is 4. The number of rotatable bonds is 3. The molecule has 0 N–H and O–H groups in total. The predicted molar refractivity (Wildman–Crippen MR) is 74.2 cm³/mol. The number of para-hydroxylation sites is 1. The molecule has 0 radical (unpaired) electrons. The lowest BCUT2D eigenvalue weighted by Gasteiger charge is -2.12. The summed E-state index contributed by atoms with van der Waals surface area (Å²) in [5.74, 6) is -8.00. The summed E-state index contributed by atoms with van der Waals surface area (Å²) in [6, 6.07) is 8.26. The normalized spacial score (nSPS) is 11.8. The third kappa shape index (κ3) is 2.37. The Morgan fingerprint density at radius 3 is 2.50 bits per heavy atom. The highest BCUT2D eigenvalue weighted by Gasteiger charge is 2.45. The van der Waals surface area contributed by atoms with Gasteiger partial charge in [0.2, 0.25) is 5.78 Å². The molecule has 0 saturated heterocycles. The molecule has 0 aliphatic heterocycles. The van der Waals surface area contributed by atoms with Crippen molar-refractivity contribution in [3.8, 4) is 0 Å². The monoisotopic (exact) mass is 325 g/mol. The quantitative estimate of drug-likeness (QED) is 0.522. The lowest BCUT2D eigenvalue weighted by atomic mass is 10.1. The van der Waals surface area contributed by atoms with Crippen molar-refractivity contribution in [1.29, 1.82) is 0 Å². The fourth-order valence-electron chi connectivity index (χ4n) is 1.95. The fraction of sp³-hybridized carbons (Fsp3) is 0.0667. The summed E-state index contributed by atoms with van der Waals surface area (Å²) < 4.78 is 55.4. The van der Waals surface area contributed by atoms with Crippen molar-refractivity contribution < 1.29 is 22.4 Å². The molecule has 1 aromatic heterocycles. The van der Waals surface area contributed by atoms with Gasteiger partial charge in [0.05, 0.1) is 15.8 Å². The van der Waals surface area contributed by atoms with Crippen LogP contribution in [0.25, 0.3) is 10.2 Å². The highest BCUT2D eigenvalue weighted by atomic mass is 32.1. The molecule has 0 amide bonds. The summed E-state index contributed by atoms with van der Waals surface area (Å²) in [5, 5.41) is -0.720. The van der Waals surface area contributed by atoms with Crippen molar-refractivity contribution in [2.45, 2.75) is 5.92 Å². The minimum atomic E-state index is -3.98. The minimum Gasteiger partial charge on any atom is -0.287 e. The highest BCUT2D eigenvalue weighted by molar-refractivity contribution is 7.18. The highest BCUT2D eigenvalue weighted by Crippen LogP contribution is 2.37. The zero-order valence-electron chi connectivity index (χ0n) is 10.8. The van der Waals surface area contributed by atoms with Crippen molar-refractivity contribution in [1.82, 2.24) is 4.98 Å². The molecule has 0 aliphatic carbocycles. The van der Waals surface area contributed by atoms with E-state index in [0.29, 0.717) is 33.7 Å². The number of alkyl halides is 2. The molecule has 0 saturated carbocycles. The number of fused-ring (bicyclic) bond motifs is 1. The molecule has 0 atom stereocenters. The molecule has 3 aromatic rings. The second kappa shape index (κ2) is 5.17. The zero-order valence-corrected chi connectivity index (χ0v) is 11.6. The van der Waals surface area contributed by atoms with Crippen LogP contribution in [-0.2, 0) is 5.92 Å². The Morgan fingerprint density at radius 1 is 1.09 bits per heavy atom. The number of thiazole rings is 1. The first kappa shape index (κ1) is 14.6. The van der Waals surface area contributed by atoms with Gasteiger partial charge in [0.1, 0.15) is 11.6 Å². The van der Waals surface area contributed by atoms with Gasteiger partial charge < -0.3 is 0 Å². The van der Waals surface area contributed by atoms with Crippen LogP contribution in [-0.4, -0.2) is 10.8 Å². The summed E-state index contributed by atoms with van der Waals surface area (Å²) in [4.78, 5) is 15.7. The minimum absolute atomic E-state index is 0.328. The molecule has 22 heavy (non-hydrogen) atoms. The van der Waals surface area contributed by atoms with Gasteiger partial charge in [-0.15, -0.1) is 11.3 Å². The molecular formula is C15H7F4NOS. The Labute approximate surface area is 126 Å². The van der Waals surface area contributed by atoms with Crippen LogP contribution in [0.4, 0.5) is 17.6 Å². The zero-order chi connectivity index (χ0) is 15.9. The van der Waals surface area contributed by atoms with Gasteiger partial charge in [-0.2, -0.15) is 8.78 Å². The van der Waals surface area contributed by atoms with Crippen LogP contribution < -0.4 is 0 Å². The third-order valence-corrected chi connectivity index (χ3v) is 4.13. The Kier molecular flexibility index (Phi) is 3.44. The van der Waals surface area contributed by atoms with Gasteiger partial charge in [-0.05, 0) is 24.3 Å². The van der Waals surface area contributed by atoms with Crippen molar-refractivity contribution in [2.75, 3.05) is 0 Å². The summed E-state index contributed by atoms with van der Waals surface area (Å²) >= 11 is 0.658. The molecular weight excluding hydrogens is 318 g/mol. The first-order valence-electron chi connectivity index (χ1n) is 6.13. The number of benzene rings is 2. The van der Waals surface area contributed by atoms with Crippen LogP contribution in [0, 0.1) is 11.6 Å². The van der Waals surface area contributed by atoms with E-state index in [1.54, 1.807) is 18.2 Å². The van der Waals surface area contributed by atoms with Gasteiger partial charge in [-0.3, -0.25) is 4.79 Å². The van der Waals surface area contributed by atoms with Gasteiger partial charge in [0.25, 0.3) is 0 Å². The lowest BCUT2D eigenvalue weighted by molar-refractivity contribution is 0.00701. The number of hydrogen-bond acceptors (Lipinski definition) is 3. The maximum absolute atomic E-state index is 14.3. The molecule has 112 valence electrons. The van der Waals surface area contributed by atoms with Crippen LogP contribution in [0.15, 0.2) is 42.5 Å². The maximum atomic E-state index is 14.3. The van der Waals surface area contributed by atoms with E-state index in [-0.39, 0.29) is 0 Å². The van der Waals surface area contributed by atoms with E-state index in [1.165, 1.54) is 6.07 Å². The number of aromatic nitrogens is 1. The Bertz CT molecular complexity index is 842. The van der Waals surface area contributed by atoms with Crippen LogP contribution in [0.3, 0.4) is 0 Å². The number of carbonyl (C=O) groups is 1. The van der Waals surface area contributed by atoms with Crippen molar-refractivity contribution in [3.63, 3.8) is 0 Å². The Balaban J connectivity index is 2.06. The first-order valence-corrected chi connectivity index (χ1v) is 6.95. The van der Waals surface area contributed by atoms with Gasteiger partial charge in [0.15, 0.2) is 5.01 Å². The predicted octanol–water partition coefficient (Wildman–Crippen LogP) is 4.55. The van der Waals surface area contributed by atoms with E-state index < -0.39 is 33.9 Å². The van der Waals surface area contributed by atoms with Gasteiger partial charge in [0, 0.05) is 6.07 Å². The van der Waals surface area contributed by atoms with Crippen molar-refractivity contribution >= 4 is 27.3 Å². The van der Waals surface area contributed by atoms with E-state index in [4.69, 9.17) is 0 Å². The molecule has 1 heterocycles. The number of nitrogens with zero attached hydrogens (tertiary/aromatic N) is 1. The summed E-state index contributed by atoms with van der Waals surface area (Å²) in [7, 11) is 0. The lowest BCUT2D eigenvalue weighted by Crippen LogP contribution is -2.26. The molecule has 0 spiro atoms. The molecule has 3 rings (SSSR count). The van der Waals surface area contributed by atoms with Crippen molar-refractivity contribution in [3.05, 3.63) is 64.7 Å². The third-order valence-electron chi connectivity index (χ3n) is 3.02. The molecule has 7 heteroatoms. The Hall–Kier alpha value is -2.28. The summed E-state index contributed by atoms with van der Waals surface area (Å²) in [6.07, 6.45) is 0. The summed E-state index contributed by atoms with van der Waals surface area (Å²) in [5.41, 5.74) is -0.541. The topological polar surface area (TPSA) is 30.0 Å². The number of ketones is 1.